The Hall–Kier alpha value is 0.354. The smallest absolute Gasteiger partial charge is 0.174 e. The van der Waals surface area contributed by atoms with Gasteiger partial charge in [0, 0.05) is 0 Å². The lowest BCUT2D eigenvalue weighted by atomic mass is 10.1. The fraction of sp³-hybridized carbons (Fsp3) is 1.00. The third-order valence-corrected chi connectivity index (χ3v) is 21.5. The van der Waals surface area contributed by atoms with Crippen LogP contribution in [0.15, 0.2) is 0 Å². The van der Waals surface area contributed by atoms with Crippen molar-refractivity contribution in [3.63, 3.8) is 0 Å². The summed E-state index contributed by atoms with van der Waals surface area (Å²) in [6.07, 6.45) is 2.44. The van der Waals surface area contributed by atoms with Gasteiger partial charge in [0.05, 0.1) is 13.2 Å². The quantitative estimate of drug-likeness (QED) is 0.776. The van der Waals surface area contributed by atoms with E-state index in [0.717, 1.165) is 6.54 Å². The average Bonchev–Trinajstić information content (AvgIpc) is 2.08. The molecule has 90 valence electrons. The maximum atomic E-state index is 6.43. The Labute approximate surface area is 96.5 Å². The number of hydrogen-bond donors (Lipinski definition) is 1. The summed E-state index contributed by atoms with van der Waals surface area (Å²) in [5.74, 6) is 0. The predicted molar refractivity (Wildman–Crippen MR) is 72.2 cm³/mol. The van der Waals surface area contributed by atoms with Crippen LogP contribution in [-0.4, -0.2) is 27.6 Å². The Balaban J connectivity index is 2.74. The summed E-state index contributed by atoms with van der Waals surface area (Å²) in [5, 5.41) is 0. The van der Waals surface area contributed by atoms with E-state index in [1.807, 2.05) is 0 Å². The van der Waals surface area contributed by atoms with Crippen LogP contribution in [0.4, 0.5) is 0 Å². The molecule has 1 aliphatic heterocycles. The summed E-state index contributed by atoms with van der Waals surface area (Å²) < 4.78 is 6.43. The molecule has 0 radical (unpaired) electrons. The van der Waals surface area contributed by atoms with Crippen molar-refractivity contribution < 1.29 is 4.43 Å². The lowest BCUT2D eigenvalue weighted by molar-refractivity contribution is 0.0930. The molecule has 1 unspecified atom stereocenters. The van der Waals surface area contributed by atoms with Crippen LogP contribution in [0.25, 0.3) is 0 Å². The van der Waals surface area contributed by atoms with Gasteiger partial charge in [-0.05, 0) is 46.3 Å². The van der Waals surface area contributed by atoms with E-state index in [1.54, 1.807) is 0 Å². The molecule has 0 aromatic heterocycles. The second-order valence-electron chi connectivity index (χ2n) is 6.32. The van der Waals surface area contributed by atoms with E-state index in [2.05, 4.69) is 33.5 Å². The van der Waals surface area contributed by atoms with Crippen LogP contribution in [0.1, 0.15) is 26.7 Å². The minimum absolute atomic E-state index is 0.130. The van der Waals surface area contributed by atoms with Gasteiger partial charge in [-0.1, -0.05) is 18.6 Å². The molecule has 1 saturated heterocycles. The zero-order valence-electron chi connectivity index (χ0n) is 11.0. The predicted octanol–water partition coefficient (Wildman–Crippen LogP) is 2.90. The van der Waals surface area contributed by atoms with Crippen LogP contribution >= 0.6 is 0 Å². The molecule has 1 fully saturated rings. The van der Waals surface area contributed by atoms with Crippen molar-refractivity contribution in [2.45, 2.75) is 64.0 Å². The van der Waals surface area contributed by atoms with Gasteiger partial charge in [-0.15, -0.1) is 0 Å². The van der Waals surface area contributed by atoms with Crippen molar-refractivity contribution in [2.24, 2.45) is 5.73 Å². The Bertz CT molecular complexity index is 231. The molecule has 1 heterocycles. The van der Waals surface area contributed by atoms with Gasteiger partial charge >= 0.3 is 0 Å². The third kappa shape index (κ3) is 2.93. The zero-order valence-corrected chi connectivity index (χ0v) is 13.0. The van der Waals surface area contributed by atoms with E-state index in [0.29, 0.717) is 0 Å². The molecule has 1 atom stereocenters. The fourth-order valence-corrected chi connectivity index (χ4v) is 14.1. The lowest BCUT2D eigenvalue weighted by Crippen LogP contribution is -2.65. The van der Waals surface area contributed by atoms with Gasteiger partial charge in [-0.3, -0.25) is 0 Å². The molecule has 15 heavy (non-hydrogen) atoms. The SMILES string of the molecule is CC1(C)CC[Si](C)(CCCN)[Si](C)(C)O1. The average molecular weight is 246 g/mol. The Morgan fingerprint density at radius 2 is 1.87 bits per heavy atom. The van der Waals surface area contributed by atoms with Crippen molar-refractivity contribution in [2.75, 3.05) is 6.54 Å². The van der Waals surface area contributed by atoms with Crippen LogP contribution in [0.5, 0.6) is 0 Å². The normalized spacial score (nSPS) is 34.0. The molecule has 4 heteroatoms. The maximum Gasteiger partial charge on any atom is 0.174 e. The molecule has 0 spiro atoms. The van der Waals surface area contributed by atoms with Gasteiger partial charge in [0.25, 0.3) is 0 Å². The topological polar surface area (TPSA) is 35.2 Å². The number of rotatable bonds is 3. The molecular formula is C11H27NOSi2. The second-order valence-corrected chi connectivity index (χ2v) is 20.9. The first-order valence-corrected chi connectivity index (χ1v) is 12.9. The third-order valence-electron chi connectivity index (χ3n) is 4.20. The highest BCUT2D eigenvalue weighted by atomic mass is 29.3. The lowest BCUT2D eigenvalue weighted by Gasteiger charge is -2.51. The molecule has 0 saturated carbocycles. The van der Waals surface area contributed by atoms with Crippen molar-refractivity contribution >= 4 is 15.4 Å². The van der Waals surface area contributed by atoms with E-state index < -0.39 is 15.4 Å². The van der Waals surface area contributed by atoms with Crippen molar-refractivity contribution in [3.8, 4) is 0 Å². The Kier molecular flexibility index (Phi) is 3.86. The first-order valence-electron chi connectivity index (χ1n) is 6.13. The van der Waals surface area contributed by atoms with E-state index in [-0.39, 0.29) is 5.60 Å². The second kappa shape index (κ2) is 4.32. The molecule has 2 N–H and O–H groups in total. The minimum Gasteiger partial charge on any atom is -0.415 e. The summed E-state index contributed by atoms with van der Waals surface area (Å²) in [7, 11) is -2.57. The van der Waals surface area contributed by atoms with Crippen molar-refractivity contribution in [1.82, 2.24) is 0 Å². The standard InChI is InChI=1S/C11H27NOSi2/c1-11(2)7-10-15(5,9-6-8-12)14(3,4)13-11/h6-10,12H2,1-5H3. The van der Waals surface area contributed by atoms with Gasteiger partial charge < -0.3 is 10.2 Å². The molecule has 0 aliphatic carbocycles. The first-order chi connectivity index (χ1) is 6.72. The Morgan fingerprint density at radius 1 is 1.27 bits per heavy atom. The Morgan fingerprint density at radius 3 is 2.33 bits per heavy atom. The van der Waals surface area contributed by atoms with Crippen molar-refractivity contribution in [1.29, 1.82) is 0 Å². The molecular weight excluding hydrogens is 218 g/mol. The van der Waals surface area contributed by atoms with Gasteiger partial charge in [-0.2, -0.15) is 0 Å². The summed E-state index contributed by atoms with van der Waals surface area (Å²) in [4.78, 5) is 0. The molecule has 0 aromatic carbocycles. The van der Waals surface area contributed by atoms with Gasteiger partial charge in [-0.25, -0.2) is 0 Å². The molecule has 0 aromatic rings. The van der Waals surface area contributed by atoms with Crippen LogP contribution in [-0.2, 0) is 4.43 Å². The van der Waals surface area contributed by atoms with Crippen LogP contribution in [0.3, 0.4) is 0 Å². The van der Waals surface area contributed by atoms with E-state index in [4.69, 9.17) is 10.2 Å². The molecule has 1 rings (SSSR count). The zero-order chi connectivity index (χ0) is 11.7. The van der Waals surface area contributed by atoms with Gasteiger partial charge in [0.2, 0.25) is 0 Å². The summed E-state index contributed by atoms with van der Waals surface area (Å²) >= 11 is 0. The summed E-state index contributed by atoms with van der Waals surface area (Å²) in [6, 6.07) is 2.82. The van der Waals surface area contributed by atoms with Gasteiger partial charge in [0.15, 0.2) is 7.83 Å². The monoisotopic (exact) mass is 245 g/mol. The molecule has 0 bridgehead atoms. The largest absolute Gasteiger partial charge is 0.415 e. The summed E-state index contributed by atoms with van der Waals surface area (Å²) in [6.45, 7) is 12.7. The van der Waals surface area contributed by atoms with E-state index in [1.165, 1.54) is 24.9 Å². The fourth-order valence-electron chi connectivity index (χ4n) is 2.66. The molecule has 1 aliphatic rings. The van der Waals surface area contributed by atoms with Crippen LogP contribution in [0.2, 0.25) is 31.7 Å². The highest BCUT2D eigenvalue weighted by Gasteiger charge is 2.52. The number of nitrogens with two attached hydrogens (primary N) is 1. The molecule has 2 nitrogen and oxygen atoms in total. The van der Waals surface area contributed by atoms with E-state index >= 15 is 0 Å². The number of hydrogen-bond acceptors (Lipinski definition) is 2. The minimum atomic E-state index is -1.43. The maximum absolute atomic E-state index is 6.43. The first kappa shape index (κ1) is 13.4. The molecule has 0 amide bonds. The van der Waals surface area contributed by atoms with Crippen LogP contribution < -0.4 is 5.73 Å². The van der Waals surface area contributed by atoms with Crippen LogP contribution in [0, 0.1) is 0 Å². The van der Waals surface area contributed by atoms with Gasteiger partial charge in [0.1, 0.15) is 0 Å². The highest BCUT2D eigenvalue weighted by Crippen LogP contribution is 2.41. The van der Waals surface area contributed by atoms with Crippen molar-refractivity contribution in [3.05, 3.63) is 0 Å². The summed E-state index contributed by atoms with van der Waals surface area (Å²) in [5.41, 5.74) is 5.77. The van der Waals surface area contributed by atoms with E-state index in [9.17, 15) is 0 Å². The highest BCUT2D eigenvalue weighted by molar-refractivity contribution is 7.38.